The van der Waals surface area contributed by atoms with Gasteiger partial charge < -0.3 is 41.3 Å². The van der Waals surface area contributed by atoms with Crippen LogP contribution < -0.4 is 16.0 Å². The van der Waals surface area contributed by atoms with Crippen LogP contribution in [0.2, 0.25) is 0 Å². The molecule has 1 aliphatic heterocycles. The molecule has 0 aromatic heterocycles. The lowest BCUT2D eigenvalue weighted by molar-refractivity contribution is -0.153. The number of phenols is 1. The molecule has 1 saturated carbocycles. The van der Waals surface area contributed by atoms with Gasteiger partial charge in [-0.05, 0) is 62.9 Å². The Hall–Kier alpha value is -3.94. The van der Waals surface area contributed by atoms with E-state index in [4.69, 9.17) is 5.73 Å². The summed E-state index contributed by atoms with van der Waals surface area (Å²) in [7, 11) is 6.65. The summed E-state index contributed by atoms with van der Waals surface area (Å²) in [5, 5.41) is 48.8. The maximum absolute atomic E-state index is 14.2. The van der Waals surface area contributed by atoms with E-state index >= 15 is 0 Å². The van der Waals surface area contributed by atoms with Crippen LogP contribution in [-0.4, -0.2) is 113 Å². The maximum Gasteiger partial charge on any atom is 0.255 e. The van der Waals surface area contributed by atoms with Gasteiger partial charge in [0.25, 0.3) is 5.91 Å². The zero-order valence-electron chi connectivity index (χ0n) is 27.5. The number of likely N-dealkylation sites (tertiary alicyclic amines) is 1. The van der Waals surface area contributed by atoms with Crippen molar-refractivity contribution in [2.75, 3.05) is 58.0 Å². The van der Waals surface area contributed by atoms with Crippen molar-refractivity contribution in [3.63, 3.8) is 0 Å². The third-order valence-electron chi connectivity index (χ3n) is 9.94. The number of aromatic hydroxyl groups is 1. The van der Waals surface area contributed by atoms with Crippen LogP contribution in [0.3, 0.4) is 0 Å². The van der Waals surface area contributed by atoms with Crippen LogP contribution in [0.4, 0.5) is 11.4 Å². The van der Waals surface area contributed by atoms with Gasteiger partial charge in [-0.2, -0.15) is 0 Å². The number of ketones is 2. The minimum absolute atomic E-state index is 0.00866. The Morgan fingerprint density at radius 3 is 2.28 bits per heavy atom. The smallest absolute Gasteiger partial charge is 0.255 e. The number of carbonyl (C=O) groups is 4. The summed E-state index contributed by atoms with van der Waals surface area (Å²) in [6.45, 7) is 8.54. The lowest BCUT2D eigenvalue weighted by Crippen LogP contribution is -2.65. The van der Waals surface area contributed by atoms with E-state index in [1.807, 2.05) is 0 Å². The Balaban J connectivity index is 1.54. The van der Waals surface area contributed by atoms with Gasteiger partial charge >= 0.3 is 0 Å². The zero-order valence-corrected chi connectivity index (χ0v) is 27.5. The molecule has 1 aromatic carbocycles. The van der Waals surface area contributed by atoms with Crippen LogP contribution in [-0.2, 0) is 25.6 Å². The second-order valence-electron chi connectivity index (χ2n) is 14.8. The lowest BCUT2D eigenvalue weighted by Gasteiger charge is -2.50. The minimum Gasteiger partial charge on any atom is -0.508 e. The van der Waals surface area contributed by atoms with E-state index in [0.717, 1.165) is 13.0 Å². The first kappa shape index (κ1) is 33.4. The molecule has 0 spiro atoms. The number of fused-ring (bicyclic) bond motifs is 3. The number of nitrogens with one attached hydrogen (secondary N) is 1. The monoisotopic (exact) mass is 639 g/mol. The lowest BCUT2D eigenvalue weighted by atomic mass is 9.57. The van der Waals surface area contributed by atoms with Crippen molar-refractivity contribution in [1.29, 1.82) is 0 Å². The van der Waals surface area contributed by atoms with Gasteiger partial charge in [0.15, 0.2) is 11.4 Å². The molecule has 46 heavy (non-hydrogen) atoms. The SMILES string of the molecule is CN(C)c1cc(NC(=O)C2CN(CCC(C)(C)C)C2)c(O)c2c1C[C@H]1C[C@H]3[C@H](N(C)C)C(=O)C(C(N)=O)=C(O)[C@@]3(O)C(=O)C1=C2O. The molecule has 4 atom stereocenters. The topological polar surface area (TPSA) is 197 Å². The molecule has 5 rings (SSSR count). The number of hydrogen-bond donors (Lipinski definition) is 6. The Morgan fingerprint density at radius 1 is 1.11 bits per heavy atom. The van der Waals surface area contributed by atoms with E-state index in [1.165, 1.54) is 4.90 Å². The minimum atomic E-state index is -2.72. The van der Waals surface area contributed by atoms with E-state index in [1.54, 1.807) is 39.2 Å². The van der Waals surface area contributed by atoms with Crippen LogP contribution in [0.5, 0.6) is 5.75 Å². The molecule has 2 amide bonds. The fraction of sp³-hybridized carbons (Fsp3) is 0.576. The molecule has 4 aliphatic rings. The van der Waals surface area contributed by atoms with E-state index in [0.29, 0.717) is 24.3 Å². The van der Waals surface area contributed by atoms with Gasteiger partial charge in [-0.3, -0.25) is 24.1 Å². The second kappa shape index (κ2) is 11.4. The summed E-state index contributed by atoms with van der Waals surface area (Å²) in [6, 6.07) is 0.467. The van der Waals surface area contributed by atoms with E-state index in [2.05, 4.69) is 31.0 Å². The summed E-state index contributed by atoms with van der Waals surface area (Å²) in [5.74, 6) is -7.79. The Kier molecular flexibility index (Phi) is 8.28. The number of aliphatic hydroxyl groups excluding tert-OH is 2. The highest BCUT2D eigenvalue weighted by atomic mass is 16.3. The van der Waals surface area contributed by atoms with Crippen molar-refractivity contribution >= 4 is 40.5 Å². The number of benzene rings is 1. The molecule has 0 radical (unpaired) electrons. The third kappa shape index (κ3) is 5.23. The largest absolute Gasteiger partial charge is 0.508 e. The van der Waals surface area contributed by atoms with Crippen molar-refractivity contribution in [3.05, 3.63) is 34.1 Å². The molecule has 13 heteroatoms. The number of rotatable bonds is 7. The molecule has 7 N–H and O–H groups in total. The molecular weight excluding hydrogens is 594 g/mol. The molecule has 0 unspecified atom stereocenters. The maximum atomic E-state index is 14.2. The average molecular weight is 640 g/mol. The molecule has 0 bridgehead atoms. The number of nitrogens with zero attached hydrogens (tertiary/aromatic N) is 3. The zero-order chi connectivity index (χ0) is 34.2. The molecular formula is C33H45N5O8. The van der Waals surface area contributed by atoms with Gasteiger partial charge in [0.05, 0.1) is 23.2 Å². The fourth-order valence-corrected chi connectivity index (χ4v) is 7.43. The van der Waals surface area contributed by atoms with E-state index in [9.17, 15) is 39.6 Å². The highest BCUT2D eigenvalue weighted by Crippen LogP contribution is 2.54. The third-order valence-corrected chi connectivity index (χ3v) is 9.94. The fourth-order valence-electron chi connectivity index (χ4n) is 7.43. The first-order valence-electron chi connectivity index (χ1n) is 15.5. The van der Waals surface area contributed by atoms with E-state index < -0.39 is 63.8 Å². The number of carbonyl (C=O) groups excluding carboxylic acids is 4. The van der Waals surface area contributed by atoms with E-state index in [-0.39, 0.29) is 46.9 Å². The normalized spacial score (nSPS) is 26.8. The van der Waals surface area contributed by atoms with Gasteiger partial charge in [0.2, 0.25) is 11.7 Å². The second-order valence-corrected chi connectivity index (χ2v) is 14.8. The van der Waals surface area contributed by atoms with Crippen molar-refractivity contribution in [2.24, 2.45) is 28.9 Å². The van der Waals surface area contributed by atoms with Crippen molar-refractivity contribution < 1.29 is 39.6 Å². The number of amides is 2. The van der Waals surface area contributed by atoms with Gasteiger partial charge in [-0.1, -0.05) is 20.8 Å². The predicted octanol–water partition coefficient (Wildman–Crippen LogP) is 1.34. The number of phenolic OH excluding ortho intramolecular Hbond substituents is 1. The quantitative estimate of drug-likeness (QED) is 0.186. The highest BCUT2D eigenvalue weighted by molar-refractivity contribution is 6.24. The van der Waals surface area contributed by atoms with Crippen molar-refractivity contribution in [1.82, 2.24) is 9.80 Å². The van der Waals surface area contributed by atoms with Gasteiger partial charge in [0, 0.05) is 44.4 Å². The van der Waals surface area contributed by atoms with Crippen molar-refractivity contribution in [2.45, 2.75) is 51.7 Å². The summed E-state index contributed by atoms with van der Waals surface area (Å²) in [4.78, 5) is 58.3. The van der Waals surface area contributed by atoms with Crippen LogP contribution in [0.1, 0.15) is 44.7 Å². The molecule has 2 fully saturated rings. The number of aliphatic hydroxyl groups is 3. The Bertz CT molecular complexity index is 1580. The van der Waals surface area contributed by atoms with Crippen LogP contribution in [0.15, 0.2) is 23.0 Å². The molecule has 1 heterocycles. The van der Waals surface area contributed by atoms with Gasteiger partial charge in [-0.25, -0.2) is 0 Å². The van der Waals surface area contributed by atoms with Crippen LogP contribution in [0, 0.1) is 23.2 Å². The molecule has 250 valence electrons. The Labute approximate surface area is 268 Å². The standard InChI is InChI=1S/C33H45N5O8/c1-32(2,3)8-9-38-13-16(14-38)31(45)35-19-12-20(36(4)5)17-10-15-11-18-24(37(6)7)27(41)23(30(34)44)29(43)33(18,46)28(42)21(15)26(40)22(17)25(19)39/h12,15-16,18,24,39-40,43,46H,8-11,13-14H2,1-7H3,(H2,34,44)(H,35,45)/t15-,18-,24-,33-/m0/s1. The van der Waals surface area contributed by atoms with Crippen LogP contribution >= 0.6 is 0 Å². The molecule has 1 aromatic rings. The summed E-state index contributed by atoms with van der Waals surface area (Å²) >= 11 is 0. The molecule has 3 aliphatic carbocycles. The summed E-state index contributed by atoms with van der Waals surface area (Å²) < 4.78 is 0. The number of hydrogen-bond acceptors (Lipinski definition) is 11. The predicted molar refractivity (Wildman–Crippen MR) is 171 cm³/mol. The highest BCUT2D eigenvalue weighted by Gasteiger charge is 2.64. The summed E-state index contributed by atoms with van der Waals surface area (Å²) in [6.07, 6.45) is 1.13. The number of likely N-dealkylation sites (N-methyl/N-ethyl adjacent to an activating group) is 1. The summed E-state index contributed by atoms with van der Waals surface area (Å²) in [5.41, 5.74) is 2.84. The number of primary amides is 1. The molecule has 13 nitrogen and oxygen atoms in total. The number of Topliss-reactive ketones (excluding diaryl/α,β-unsaturated/α-hetero) is 2. The first-order chi connectivity index (χ1) is 21.3. The van der Waals surface area contributed by atoms with Gasteiger partial charge in [-0.15, -0.1) is 0 Å². The Morgan fingerprint density at radius 2 is 1.74 bits per heavy atom. The van der Waals surface area contributed by atoms with Crippen molar-refractivity contribution in [3.8, 4) is 5.75 Å². The molecule has 1 saturated heterocycles. The van der Waals surface area contributed by atoms with Gasteiger partial charge in [0.1, 0.15) is 22.8 Å². The number of anilines is 2. The average Bonchev–Trinajstić information content (AvgIpc) is 2.90. The first-order valence-corrected chi connectivity index (χ1v) is 15.5. The number of nitrogens with two attached hydrogens (primary N) is 1. The van der Waals surface area contributed by atoms with Crippen LogP contribution in [0.25, 0.3) is 5.76 Å².